The van der Waals surface area contributed by atoms with Crippen LogP contribution in [0.15, 0.2) is 23.0 Å². The number of carbonyl (C=O) groups excluding carboxylic acids is 1. The molecule has 2 aliphatic heterocycles. The Balaban J connectivity index is 1.66. The quantitative estimate of drug-likeness (QED) is 0.568. The molecule has 0 aromatic carbocycles. The molecule has 1 saturated carbocycles. The van der Waals surface area contributed by atoms with E-state index >= 15 is 0 Å². The molecule has 3 aliphatic rings. The lowest BCUT2D eigenvalue weighted by Crippen LogP contribution is -2.35. The van der Waals surface area contributed by atoms with Crippen LogP contribution in [0.5, 0.6) is 0 Å². The zero-order valence-corrected chi connectivity index (χ0v) is 15.1. The van der Waals surface area contributed by atoms with Crippen LogP contribution in [0.25, 0.3) is 0 Å². The number of ether oxygens (including phenoxy) is 2. The van der Waals surface area contributed by atoms with Gasteiger partial charge in [0.05, 0.1) is 18.4 Å². The van der Waals surface area contributed by atoms with Crippen LogP contribution in [0.2, 0.25) is 0 Å². The minimum Gasteiger partial charge on any atom is -0.489 e. The molecule has 1 fully saturated rings. The summed E-state index contributed by atoms with van der Waals surface area (Å²) < 4.78 is 38.6. The Hall–Kier alpha value is -1.34. The van der Waals surface area contributed by atoms with Crippen molar-refractivity contribution in [1.82, 2.24) is 0 Å². The molecule has 0 amide bonds. The Morgan fingerprint density at radius 1 is 1.38 bits per heavy atom. The largest absolute Gasteiger partial charge is 0.489 e. The van der Waals surface area contributed by atoms with E-state index in [0.29, 0.717) is 17.9 Å². The van der Waals surface area contributed by atoms with Gasteiger partial charge >= 0.3 is 5.97 Å². The smallest absolute Gasteiger partial charge is 0.341 e. The van der Waals surface area contributed by atoms with Crippen LogP contribution in [0.1, 0.15) is 39.5 Å². The zero-order chi connectivity index (χ0) is 17.5. The highest BCUT2D eigenvalue weighted by atomic mass is 32.2. The second-order valence-electron chi connectivity index (χ2n) is 7.08. The normalized spacial score (nSPS) is 31.4. The lowest BCUT2D eigenvalue weighted by Gasteiger charge is -2.39. The van der Waals surface area contributed by atoms with E-state index in [1.807, 2.05) is 19.9 Å². The van der Waals surface area contributed by atoms with Crippen LogP contribution >= 0.6 is 0 Å². The van der Waals surface area contributed by atoms with Crippen molar-refractivity contribution >= 4 is 16.1 Å². The summed E-state index contributed by atoms with van der Waals surface area (Å²) in [6.45, 7) is 4.07. The van der Waals surface area contributed by atoms with Gasteiger partial charge < -0.3 is 9.47 Å². The van der Waals surface area contributed by atoms with Gasteiger partial charge in [0, 0.05) is 6.42 Å². The van der Waals surface area contributed by atoms with Crippen molar-refractivity contribution in [2.75, 3.05) is 12.9 Å². The van der Waals surface area contributed by atoms with Crippen molar-refractivity contribution in [1.29, 1.82) is 0 Å². The molecule has 0 N–H and O–H groups in total. The number of cyclic esters (lactones) is 1. The molecular weight excluding hydrogens is 332 g/mol. The summed E-state index contributed by atoms with van der Waals surface area (Å²) in [5.41, 5.74) is 1.69. The third kappa shape index (κ3) is 3.83. The summed E-state index contributed by atoms with van der Waals surface area (Å²) in [6, 6.07) is 0. The maximum absolute atomic E-state index is 12.0. The third-order valence-electron chi connectivity index (χ3n) is 5.00. The van der Waals surface area contributed by atoms with Gasteiger partial charge in [-0.05, 0) is 49.7 Å². The highest BCUT2D eigenvalue weighted by molar-refractivity contribution is 7.85. The molecule has 4 atom stereocenters. The second kappa shape index (κ2) is 6.52. The number of hydrogen-bond acceptors (Lipinski definition) is 6. The predicted molar refractivity (Wildman–Crippen MR) is 87.5 cm³/mol. The molecule has 2 heterocycles. The number of esters is 1. The van der Waals surface area contributed by atoms with E-state index in [0.717, 1.165) is 36.9 Å². The summed E-state index contributed by atoms with van der Waals surface area (Å²) in [5, 5.41) is 0. The number of fused-ring (bicyclic) bond motifs is 1. The molecule has 1 aliphatic carbocycles. The Morgan fingerprint density at radius 2 is 2.12 bits per heavy atom. The first-order valence-corrected chi connectivity index (χ1v) is 10.2. The van der Waals surface area contributed by atoms with Crippen molar-refractivity contribution in [3.63, 3.8) is 0 Å². The SMILES string of the molecule is CC1CC2=C(C=C3CC[C@H](C(C)COS(C)(=O)=O)C[C@@H]3O2)C(=O)O1. The average Bonchev–Trinajstić information content (AvgIpc) is 2.49. The predicted octanol–water partition coefficient (Wildman–Crippen LogP) is 2.31. The molecular formula is C17H24O6S. The van der Waals surface area contributed by atoms with E-state index in [4.69, 9.17) is 13.7 Å². The van der Waals surface area contributed by atoms with Gasteiger partial charge in [0.1, 0.15) is 18.0 Å². The Kier molecular flexibility index (Phi) is 4.75. The highest BCUT2D eigenvalue weighted by Gasteiger charge is 2.37. The molecule has 2 unspecified atom stereocenters. The molecule has 0 bridgehead atoms. The first-order valence-electron chi connectivity index (χ1n) is 8.38. The topological polar surface area (TPSA) is 78.9 Å². The van der Waals surface area contributed by atoms with E-state index in [1.54, 1.807) is 0 Å². The standard InChI is InChI=1S/C17H24O6S/c1-10(9-21-24(3,19)20)12-4-5-13-7-14-16(23-15(13)8-12)6-11(2)22-17(14)18/h7,10-12,15H,4-6,8-9H2,1-3H3/t10?,11?,12-,15-/m0/s1. The molecule has 0 spiro atoms. The van der Waals surface area contributed by atoms with Gasteiger partial charge in [-0.25, -0.2) is 4.79 Å². The summed E-state index contributed by atoms with van der Waals surface area (Å²) >= 11 is 0. The van der Waals surface area contributed by atoms with Crippen molar-refractivity contribution in [3.8, 4) is 0 Å². The van der Waals surface area contributed by atoms with Crippen LogP contribution in [0.3, 0.4) is 0 Å². The summed E-state index contributed by atoms with van der Waals surface area (Å²) in [7, 11) is -3.41. The minimum atomic E-state index is -3.41. The lowest BCUT2D eigenvalue weighted by molar-refractivity contribution is -0.146. The summed E-state index contributed by atoms with van der Waals surface area (Å²) in [5.74, 6) is 0.902. The highest BCUT2D eigenvalue weighted by Crippen LogP contribution is 2.41. The van der Waals surface area contributed by atoms with Crippen molar-refractivity contribution < 1.29 is 26.9 Å². The molecule has 0 saturated heterocycles. The molecule has 3 rings (SSSR count). The van der Waals surface area contributed by atoms with Crippen molar-refractivity contribution in [2.24, 2.45) is 11.8 Å². The van der Waals surface area contributed by atoms with Crippen molar-refractivity contribution in [3.05, 3.63) is 23.0 Å². The van der Waals surface area contributed by atoms with E-state index < -0.39 is 10.1 Å². The molecule has 0 aromatic heterocycles. The van der Waals surface area contributed by atoms with Crippen LogP contribution in [0.4, 0.5) is 0 Å². The van der Waals surface area contributed by atoms with E-state index in [1.165, 1.54) is 0 Å². The Morgan fingerprint density at radius 3 is 2.83 bits per heavy atom. The van der Waals surface area contributed by atoms with Gasteiger partial charge in [-0.2, -0.15) is 8.42 Å². The van der Waals surface area contributed by atoms with Gasteiger partial charge in [0.15, 0.2) is 0 Å². The summed E-state index contributed by atoms with van der Waals surface area (Å²) in [6.07, 6.45) is 6.04. The molecule has 7 heteroatoms. The second-order valence-corrected chi connectivity index (χ2v) is 8.73. The number of carbonyl (C=O) groups is 1. The molecule has 0 radical (unpaired) electrons. The van der Waals surface area contributed by atoms with Gasteiger partial charge in [-0.1, -0.05) is 6.92 Å². The number of rotatable bonds is 4. The molecule has 0 aromatic rings. The lowest BCUT2D eigenvalue weighted by atomic mass is 9.76. The number of hydrogen-bond donors (Lipinski definition) is 0. The van der Waals surface area contributed by atoms with Gasteiger partial charge in [0.25, 0.3) is 10.1 Å². The Labute approximate surface area is 143 Å². The van der Waals surface area contributed by atoms with Gasteiger partial charge in [-0.15, -0.1) is 0 Å². The molecule has 134 valence electrons. The summed E-state index contributed by atoms with van der Waals surface area (Å²) in [4.78, 5) is 12.0. The Bertz CT molecular complexity index is 690. The van der Waals surface area contributed by atoms with Crippen LogP contribution < -0.4 is 0 Å². The van der Waals surface area contributed by atoms with Crippen LogP contribution in [-0.4, -0.2) is 39.5 Å². The van der Waals surface area contributed by atoms with Crippen LogP contribution in [-0.2, 0) is 28.6 Å². The molecule has 24 heavy (non-hydrogen) atoms. The minimum absolute atomic E-state index is 0.0266. The fourth-order valence-electron chi connectivity index (χ4n) is 3.61. The van der Waals surface area contributed by atoms with E-state index in [-0.39, 0.29) is 30.7 Å². The monoisotopic (exact) mass is 356 g/mol. The van der Waals surface area contributed by atoms with Crippen LogP contribution in [0, 0.1) is 11.8 Å². The maximum atomic E-state index is 12.0. The fraction of sp³-hybridized carbons (Fsp3) is 0.706. The first kappa shape index (κ1) is 17.5. The van der Waals surface area contributed by atoms with E-state index in [2.05, 4.69) is 0 Å². The fourth-order valence-corrected chi connectivity index (χ4v) is 4.07. The average molecular weight is 356 g/mol. The maximum Gasteiger partial charge on any atom is 0.341 e. The van der Waals surface area contributed by atoms with Crippen molar-refractivity contribution in [2.45, 2.75) is 51.7 Å². The van der Waals surface area contributed by atoms with Gasteiger partial charge in [-0.3, -0.25) is 4.18 Å². The molecule has 6 nitrogen and oxygen atoms in total. The van der Waals surface area contributed by atoms with Gasteiger partial charge in [0.2, 0.25) is 0 Å². The third-order valence-corrected chi connectivity index (χ3v) is 5.56. The zero-order valence-electron chi connectivity index (χ0n) is 14.3. The van der Waals surface area contributed by atoms with E-state index in [9.17, 15) is 13.2 Å². The first-order chi connectivity index (χ1) is 11.2.